The van der Waals surface area contributed by atoms with Gasteiger partial charge in [0, 0.05) is 0 Å². The van der Waals surface area contributed by atoms with Crippen LogP contribution in [0.15, 0.2) is 24.3 Å². The first kappa shape index (κ1) is 8.30. The third kappa shape index (κ3) is 1.89. The maximum Gasteiger partial charge on any atom is 0.221 e. The topological polar surface area (TPSA) is 43.1 Å². The van der Waals surface area contributed by atoms with Crippen LogP contribution in [-0.2, 0) is 11.2 Å². The van der Waals surface area contributed by atoms with Gasteiger partial charge in [-0.2, -0.15) is 0 Å². The van der Waals surface area contributed by atoms with Crippen LogP contribution < -0.4 is 5.73 Å². The first-order valence-corrected chi connectivity index (χ1v) is 4.63. The van der Waals surface area contributed by atoms with Gasteiger partial charge in [0.15, 0.2) is 0 Å². The predicted molar refractivity (Wildman–Crippen MR) is 51.3 cm³/mol. The summed E-state index contributed by atoms with van der Waals surface area (Å²) in [6.45, 7) is 0. The van der Waals surface area contributed by atoms with Crippen molar-refractivity contribution in [1.82, 2.24) is 0 Å². The van der Waals surface area contributed by atoms with E-state index in [9.17, 15) is 4.79 Å². The Labute approximate surface area is 77.8 Å². The molecule has 13 heavy (non-hydrogen) atoms. The summed E-state index contributed by atoms with van der Waals surface area (Å²) in [6.07, 6.45) is 2.90. The number of hydrogen-bond donors (Lipinski definition) is 1. The third-order valence-electron chi connectivity index (χ3n) is 2.44. The molecule has 1 aliphatic carbocycles. The molecule has 1 aromatic carbocycles. The Balaban J connectivity index is 2.26. The van der Waals surface area contributed by atoms with Gasteiger partial charge in [0.05, 0.1) is 6.42 Å². The minimum Gasteiger partial charge on any atom is -0.369 e. The summed E-state index contributed by atoms with van der Waals surface area (Å²) in [5.41, 5.74) is 7.60. The fourth-order valence-electron chi connectivity index (χ4n) is 1.68. The molecule has 0 atom stereocenters. The lowest BCUT2D eigenvalue weighted by Crippen LogP contribution is -2.14. The van der Waals surface area contributed by atoms with Crippen LogP contribution in [0.5, 0.6) is 0 Å². The van der Waals surface area contributed by atoms with Gasteiger partial charge in [0.2, 0.25) is 5.91 Å². The summed E-state index contributed by atoms with van der Waals surface area (Å²) in [6, 6.07) is 8.09. The molecule has 0 unspecified atom stereocenters. The number of amides is 1. The van der Waals surface area contributed by atoms with Crippen LogP contribution in [0.1, 0.15) is 29.9 Å². The van der Waals surface area contributed by atoms with Gasteiger partial charge in [-0.05, 0) is 29.9 Å². The Morgan fingerprint density at radius 2 is 2.08 bits per heavy atom. The van der Waals surface area contributed by atoms with E-state index >= 15 is 0 Å². The molecule has 1 aliphatic rings. The molecule has 2 N–H and O–H groups in total. The molecular formula is C11H13NO. The van der Waals surface area contributed by atoms with Gasteiger partial charge in [0.1, 0.15) is 0 Å². The number of carbonyl (C=O) groups is 1. The molecule has 1 saturated carbocycles. The lowest BCUT2D eigenvalue weighted by molar-refractivity contribution is -0.117. The Morgan fingerprint density at radius 3 is 2.69 bits per heavy atom. The molecule has 0 aromatic heterocycles. The molecule has 1 aromatic rings. The zero-order valence-corrected chi connectivity index (χ0v) is 7.49. The van der Waals surface area contributed by atoms with E-state index in [0.717, 1.165) is 5.56 Å². The van der Waals surface area contributed by atoms with Crippen molar-refractivity contribution in [3.05, 3.63) is 35.4 Å². The minimum atomic E-state index is -0.242. The van der Waals surface area contributed by atoms with Gasteiger partial charge >= 0.3 is 0 Å². The van der Waals surface area contributed by atoms with Crippen molar-refractivity contribution < 1.29 is 4.79 Å². The SMILES string of the molecule is NC(=O)Cc1ccccc1C1CC1. The van der Waals surface area contributed by atoms with Crippen LogP contribution in [-0.4, -0.2) is 5.91 Å². The second-order valence-corrected chi connectivity index (χ2v) is 3.62. The smallest absolute Gasteiger partial charge is 0.221 e. The molecular weight excluding hydrogens is 162 g/mol. The van der Waals surface area contributed by atoms with E-state index in [1.54, 1.807) is 0 Å². The van der Waals surface area contributed by atoms with Crippen molar-refractivity contribution in [2.75, 3.05) is 0 Å². The van der Waals surface area contributed by atoms with Crippen molar-refractivity contribution in [3.63, 3.8) is 0 Å². The standard InChI is InChI=1S/C11H13NO/c12-11(13)7-9-3-1-2-4-10(9)8-5-6-8/h1-4,8H,5-7H2,(H2,12,13). The number of primary amides is 1. The summed E-state index contributed by atoms with van der Waals surface area (Å²) in [4.78, 5) is 10.8. The highest BCUT2D eigenvalue weighted by Crippen LogP contribution is 2.41. The number of rotatable bonds is 3. The first-order valence-electron chi connectivity index (χ1n) is 4.63. The van der Waals surface area contributed by atoms with E-state index in [0.29, 0.717) is 12.3 Å². The average Bonchev–Trinajstić information content (AvgIpc) is 2.87. The van der Waals surface area contributed by atoms with Crippen LogP contribution in [0.4, 0.5) is 0 Å². The van der Waals surface area contributed by atoms with Crippen LogP contribution >= 0.6 is 0 Å². The van der Waals surface area contributed by atoms with Gasteiger partial charge in [-0.1, -0.05) is 24.3 Å². The van der Waals surface area contributed by atoms with Crippen molar-refractivity contribution in [3.8, 4) is 0 Å². The third-order valence-corrected chi connectivity index (χ3v) is 2.44. The van der Waals surface area contributed by atoms with E-state index in [-0.39, 0.29) is 5.91 Å². The second-order valence-electron chi connectivity index (χ2n) is 3.62. The monoisotopic (exact) mass is 175 g/mol. The highest BCUT2D eigenvalue weighted by molar-refractivity contribution is 5.77. The van der Waals surface area contributed by atoms with Gasteiger partial charge < -0.3 is 5.73 Å². The predicted octanol–water partition coefficient (Wildman–Crippen LogP) is 1.59. The Kier molecular flexibility index (Phi) is 2.05. The fourth-order valence-corrected chi connectivity index (χ4v) is 1.68. The van der Waals surface area contributed by atoms with Gasteiger partial charge in [-0.15, -0.1) is 0 Å². The minimum absolute atomic E-state index is 0.242. The Morgan fingerprint density at radius 1 is 1.38 bits per heavy atom. The summed E-state index contributed by atoms with van der Waals surface area (Å²) in [7, 11) is 0. The fraction of sp³-hybridized carbons (Fsp3) is 0.364. The van der Waals surface area contributed by atoms with E-state index in [4.69, 9.17) is 5.73 Å². The maximum atomic E-state index is 10.8. The van der Waals surface area contributed by atoms with Crippen molar-refractivity contribution in [1.29, 1.82) is 0 Å². The van der Waals surface area contributed by atoms with Gasteiger partial charge in [-0.25, -0.2) is 0 Å². The van der Waals surface area contributed by atoms with E-state index in [1.165, 1.54) is 18.4 Å². The molecule has 1 fully saturated rings. The first-order chi connectivity index (χ1) is 6.27. The maximum absolute atomic E-state index is 10.8. The summed E-state index contributed by atoms with van der Waals surface area (Å²) in [5.74, 6) is 0.448. The molecule has 0 spiro atoms. The normalized spacial score (nSPS) is 15.7. The highest BCUT2D eigenvalue weighted by atomic mass is 16.1. The molecule has 68 valence electrons. The quantitative estimate of drug-likeness (QED) is 0.744. The summed E-state index contributed by atoms with van der Waals surface area (Å²) >= 11 is 0. The molecule has 0 heterocycles. The van der Waals surface area contributed by atoms with Gasteiger partial charge in [-0.3, -0.25) is 4.79 Å². The number of hydrogen-bond acceptors (Lipinski definition) is 1. The zero-order chi connectivity index (χ0) is 9.26. The van der Waals surface area contributed by atoms with E-state index in [2.05, 4.69) is 6.07 Å². The van der Waals surface area contributed by atoms with Gasteiger partial charge in [0.25, 0.3) is 0 Å². The molecule has 0 saturated heterocycles. The molecule has 2 heteroatoms. The summed E-state index contributed by atoms with van der Waals surface area (Å²) < 4.78 is 0. The van der Waals surface area contributed by atoms with Crippen LogP contribution in [0.25, 0.3) is 0 Å². The van der Waals surface area contributed by atoms with Crippen LogP contribution in [0.3, 0.4) is 0 Å². The molecule has 0 bridgehead atoms. The molecule has 0 aliphatic heterocycles. The average molecular weight is 175 g/mol. The van der Waals surface area contributed by atoms with E-state index in [1.807, 2.05) is 18.2 Å². The molecule has 2 rings (SSSR count). The zero-order valence-electron chi connectivity index (χ0n) is 7.49. The lowest BCUT2D eigenvalue weighted by atomic mass is 10.0. The van der Waals surface area contributed by atoms with Crippen molar-refractivity contribution >= 4 is 5.91 Å². The highest BCUT2D eigenvalue weighted by Gasteiger charge is 2.25. The van der Waals surface area contributed by atoms with E-state index < -0.39 is 0 Å². The molecule has 0 radical (unpaired) electrons. The molecule has 2 nitrogen and oxygen atoms in total. The number of carbonyl (C=O) groups excluding carboxylic acids is 1. The van der Waals surface area contributed by atoms with Crippen LogP contribution in [0, 0.1) is 0 Å². The largest absolute Gasteiger partial charge is 0.369 e. The second kappa shape index (κ2) is 3.21. The lowest BCUT2D eigenvalue weighted by Gasteiger charge is -2.05. The Hall–Kier alpha value is -1.31. The van der Waals surface area contributed by atoms with Crippen molar-refractivity contribution in [2.24, 2.45) is 5.73 Å². The summed E-state index contributed by atoms with van der Waals surface area (Å²) in [5, 5.41) is 0. The van der Waals surface area contributed by atoms with Crippen molar-refractivity contribution in [2.45, 2.75) is 25.2 Å². The molecule has 1 amide bonds. The number of nitrogens with two attached hydrogens (primary N) is 1. The Bertz CT molecular complexity index is 329. The number of benzene rings is 1. The van der Waals surface area contributed by atoms with Crippen LogP contribution in [0.2, 0.25) is 0 Å².